The van der Waals surface area contributed by atoms with Gasteiger partial charge in [0.05, 0.1) is 22.6 Å². The third-order valence-electron chi connectivity index (χ3n) is 4.15. The standard InChI is InChI=1S/C20H13Cl3N2/c21-15-7-2-1-6-13(15)20-24-18-10-3-4-11-19(18)25(20)12-14-16(22)8-5-9-17(14)23/h1-11H,12H2. The van der Waals surface area contributed by atoms with Gasteiger partial charge in [0.2, 0.25) is 0 Å². The zero-order valence-corrected chi connectivity index (χ0v) is 15.4. The van der Waals surface area contributed by atoms with Gasteiger partial charge in [-0.3, -0.25) is 0 Å². The van der Waals surface area contributed by atoms with Gasteiger partial charge in [-0.25, -0.2) is 4.98 Å². The number of benzene rings is 3. The van der Waals surface area contributed by atoms with Gasteiger partial charge in [-0.05, 0) is 36.4 Å². The Kier molecular flexibility index (Phi) is 4.43. The largest absolute Gasteiger partial charge is 0.319 e. The van der Waals surface area contributed by atoms with Gasteiger partial charge in [0, 0.05) is 21.2 Å². The van der Waals surface area contributed by atoms with E-state index in [-0.39, 0.29) is 0 Å². The lowest BCUT2D eigenvalue weighted by Crippen LogP contribution is -2.04. The van der Waals surface area contributed by atoms with E-state index in [1.165, 1.54) is 0 Å². The first-order valence-corrected chi connectivity index (χ1v) is 8.91. The molecule has 3 aromatic carbocycles. The summed E-state index contributed by atoms with van der Waals surface area (Å²) in [4.78, 5) is 4.79. The molecule has 0 saturated carbocycles. The molecule has 0 spiro atoms. The molecule has 0 saturated heterocycles. The highest BCUT2D eigenvalue weighted by molar-refractivity contribution is 6.36. The van der Waals surface area contributed by atoms with Crippen molar-refractivity contribution in [3.8, 4) is 11.4 Å². The molecule has 0 N–H and O–H groups in total. The van der Waals surface area contributed by atoms with E-state index in [2.05, 4.69) is 4.57 Å². The van der Waals surface area contributed by atoms with Gasteiger partial charge in [-0.2, -0.15) is 0 Å². The second kappa shape index (κ2) is 6.72. The molecular formula is C20H13Cl3N2. The highest BCUT2D eigenvalue weighted by atomic mass is 35.5. The molecule has 0 atom stereocenters. The van der Waals surface area contributed by atoms with Gasteiger partial charge in [0.1, 0.15) is 5.82 Å². The summed E-state index contributed by atoms with van der Waals surface area (Å²) in [5, 5.41) is 1.93. The molecule has 1 heterocycles. The average molecular weight is 388 g/mol. The monoisotopic (exact) mass is 386 g/mol. The Morgan fingerprint density at radius 1 is 0.720 bits per heavy atom. The van der Waals surface area contributed by atoms with E-state index in [1.807, 2.05) is 66.7 Å². The van der Waals surface area contributed by atoms with Crippen LogP contribution < -0.4 is 0 Å². The molecule has 2 nitrogen and oxygen atoms in total. The molecule has 0 radical (unpaired) electrons. The Balaban J connectivity index is 1.96. The molecule has 0 amide bonds. The first-order chi connectivity index (χ1) is 12.1. The minimum atomic E-state index is 0.513. The lowest BCUT2D eigenvalue weighted by atomic mass is 10.2. The van der Waals surface area contributed by atoms with Crippen LogP contribution in [0.2, 0.25) is 15.1 Å². The number of hydrogen-bond acceptors (Lipinski definition) is 1. The Labute approximate surface area is 160 Å². The maximum Gasteiger partial charge on any atom is 0.142 e. The van der Waals surface area contributed by atoms with E-state index in [0.29, 0.717) is 21.6 Å². The normalized spacial score (nSPS) is 11.2. The number of fused-ring (bicyclic) bond motifs is 1. The van der Waals surface area contributed by atoms with Gasteiger partial charge < -0.3 is 4.57 Å². The van der Waals surface area contributed by atoms with Crippen LogP contribution in [0.3, 0.4) is 0 Å². The van der Waals surface area contributed by atoms with Crippen molar-refractivity contribution >= 4 is 45.8 Å². The SMILES string of the molecule is Clc1ccccc1-c1nc2ccccc2n1Cc1c(Cl)cccc1Cl. The van der Waals surface area contributed by atoms with Crippen LogP contribution in [0, 0.1) is 0 Å². The van der Waals surface area contributed by atoms with Gasteiger partial charge in [-0.15, -0.1) is 0 Å². The van der Waals surface area contributed by atoms with E-state index >= 15 is 0 Å². The topological polar surface area (TPSA) is 17.8 Å². The van der Waals surface area contributed by atoms with E-state index < -0.39 is 0 Å². The molecule has 4 rings (SSSR count). The van der Waals surface area contributed by atoms with Crippen molar-refractivity contribution < 1.29 is 0 Å². The second-order valence-electron chi connectivity index (χ2n) is 5.69. The molecule has 4 aromatic rings. The van der Waals surface area contributed by atoms with Gasteiger partial charge in [-0.1, -0.05) is 65.1 Å². The van der Waals surface area contributed by atoms with Crippen LogP contribution in [-0.2, 0) is 6.54 Å². The Morgan fingerprint density at radius 3 is 2.12 bits per heavy atom. The van der Waals surface area contributed by atoms with Crippen molar-refractivity contribution in [3.63, 3.8) is 0 Å². The number of imidazole rings is 1. The highest BCUT2D eigenvalue weighted by Gasteiger charge is 2.17. The molecule has 0 aliphatic carbocycles. The third kappa shape index (κ3) is 3.02. The van der Waals surface area contributed by atoms with Crippen molar-refractivity contribution in [3.05, 3.63) is 87.4 Å². The molecule has 25 heavy (non-hydrogen) atoms. The summed E-state index contributed by atoms with van der Waals surface area (Å²) in [7, 11) is 0. The van der Waals surface area contributed by atoms with Crippen LogP contribution in [0.1, 0.15) is 5.56 Å². The zero-order chi connectivity index (χ0) is 17.4. The number of hydrogen-bond donors (Lipinski definition) is 0. The molecule has 0 aliphatic rings. The highest BCUT2D eigenvalue weighted by Crippen LogP contribution is 2.33. The Bertz CT molecular complexity index is 1050. The van der Waals surface area contributed by atoms with Crippen molar-refractivity contribution in [2.75, 3.05) is 0 Å². The van der Waals surface area contributed by atoms with Crippen LogP contribution in [0.25, 0.3) is 22.4 Å². The lowest BCUT2D eigenvalue weighted by Gasteiger charge is -2.13. The first-order valence-electron chi connectivity index (χ1n) is 7.78. The molecule has 124 valence electrons. The predicted octanol–water partition coefficient (Wildman–Crippen LogP) is 6.71. The Hall–Kier alpha value is -2.00. The van der Waals surface area contributed by atoms with E-state index in [1.54, 1.807) is 0 Å². The summed E-state index contributed by atoms with van der Waals surface area (Å²) in [6.07, 6.45) is 0. The molecule has 0 unspecified atom stereocenters. The fourth-order valence-electron chi connectivity index (χ4n) is 2.93. The lowest BCUT2D eigenvalue weighted by molar-refractivity contribution is 0.835. The molecular weight excluding hydrogens is 375 g/mol. The zero-order valence-electron chi connectivity index (χ0n) is 13.1. The number of rotatable bonds is 3. The quantitative estimate of drug-likeness (QED) is 0.382. The Morgan fingerprint density at radius 2 is 1.36 bits per heavy atom. The van der Waals surface area contributed by atoms with Crippen LogP contribution in [0.5, 0.6) is 0 Å². The van der Waals surface area contributed by atoms with Gasteiger partial charge >= 0.3 is 0 Å². The molecule has 1 aromatic heterocycles. The van der Waals surface area contributed by atoms with Crippen molar-refractivity contribution in [2.45, 2.75) is 6.54 Å². The molecule has 0 aliphatic heterocycles. The van der Waals surface area contributed by atoms with Gasteiger partial charge in [0.25, 0.3) is 0 Å². The minimum absolute atomic E-state index is 0.513. The van der Waals surface area contributed by atoms with Crippen LogP contribution in [0.15, 0.2) is 66.7 Å². The fraction of sp³-hybridized carbons (Fsp3) is 0.0500. The number of nitrogens with zero attached hydrogens (tertiary/aromatic N) is 2. The molecule has 0 bridgehead atoms. The maximum absolute atomic E-state index is 6.42. The van der Waals surface area contributed by atoms with Crippen LogP contribution in [0.4, 0.5) is 0 Å². The van der Waals surface area contributed by atoms with Crippen LogP contribution >= 0.6 is 34.8 Å². The maximum atomic E-state index is 6.42. The van der Waals surface area contributed by atoms with E-state index in [0.717, 1.165) is 28.0 Å². The third-order valence-corrected chi connectivity index (χ3v) is 5.19. The summed E-state index contributed by atoms with van der Waals surface area (Å²) in [6.45, 7) is 0.513. The summed E-state index contributed by atoms with van der Waals surface area (Å²) in [5.41, 5.74) is 3.65. The second-order valence-corrected chi connectivity index (χ2v) is 6.91. The van der Waals surface area contributed by atoms with E-state index in [4.69, 9.17) is 39.8 Å². The summed E-state index contributed by atoms with van der Waals surface area (Å²) in [6, 6.07) is 21.2. The van der Waals surface area contributed by atoms with Crippen LogP contribution in [-0.4, -0.2) is 9.55 Å². The fourth-order valence-corrected chi connectivity index (χ4v) is 3.66. The van der Waals surface area contributed by atoms with Crippen molar-refractivity contribution in [2.24, 2.45) is 0 Å². The molecule has 0 fully saturated rings. The number of aromatic nitrogens is 2. The summed E-state index contributed by atoms with van der Waals surface area (Å²) >= 11 is 19.2. The summed E-state index contributed by atoms with van der Waals surface area (Å²) < 4.78 is 2.10. The van der Waals surface area contributed by atoms with Crippen molar-refractivity contribution in [1.82, 2.24) is 9.55 Å². The predicted molar refractivity (Wildman–Crippen MR) is 106 cm³/mol. The number of halogens is 3. The number of para-hydroxylation sites is 2. The first kappa shape index (κ1) is 16.5. The average Bonchev–Trinajstić information content (AvgIpc) is 2.97. The van der Waals surface area contributed by atoms with E-state index in [9.17, 15) is 0 Å². The smallest absolute Gasteiger partial charge is 0.142 e. The van der Waals surface area contributed by atoms with Gasteiger partial charge in [0.15, 0.2) is 0 Å². The van der Waals surface area contributed by atoms with Crippen molar-refractivity contribution in [1.29, 1.82) is 0 Å². The molecule has 5 heteroatoms. The minimum Gasteiger partial charge on any atom is -0.319 e. The summed E-state index contributed by atoms with van der Waals surface area (Å²) in [5.74, 6) is 0.794.